The third-order valence-corrected chi connectivity index (χ3v) is 3.01. The highest BCUT2D eigenvalue weighted by Gasteiger charge is 2.15. The molecule has 0 saturated carbocycles. The number of hydrogen-bond donors (Lipinski definition) is 1. The SMILES string of the molecule is O=C(COC(=O)c1cc(F)ccc1Cl)Nc1cc(F)ccc1F. The maximum atomic E-state index is 13.3. The van der Waals surface area contributed by atoms with Gasteiger partial charge in [0.2, 0.25) is 0 Å². The number of anilines is 1. The standard InChI is InChI=1S/C15H9ClF3NO3/c16-11-3-1-8(17)5-10(11)15(22)23-7-14(21)20-13-6-9(18)2-4-12(13)19/h1-6H,7H2,(H,20,21). The summed E-state index contributed by atoms with van der Waals surface area (Å²) in [5.74, 6) is -4.21. The fourth-order valence-corrected chi connectivity index (χ4v) is 1.84. The minimum absolute atomic E-state index is 0.0482. The van der Waals surface area contributed by atoms with Crippen molar-refractivity contribution in [2.75, 3.05) is 11.9 Å². The number of nitrogens with one attached hydrogen (secondary N) is 1. The van der Waals surface area contributed by atoms with Crippen LogP contribution in [0.5, 0.6) is 0 Å². The molecule has 4 nitrogen and oxygen atoms in total. The number of carbonyl (C=O) groups is 2. The van der Waals surface area contributed by atoms with E-state index in [0.717, 1.165) is 36.4 Å². The molecule has 1 amide bonds. The number of ether oxygens (including phenoxy) is 1. The normalized spacial score (nSPS) is 10.3. The molecule has 0 aliphatic rings. The van der Waals surface area contributed by atoms with Crippen molar-refractivity contribution in [1.29, 1.82) is 0 Å². The second kappa shape index (κ2) is 7.15. The predicted molar refractivity (Wildman–Crippen MR) is 76.7 cm³/mol. The number of amides is 1. The lowest BCUT2D eigenvalue weighted by Gasteiger charge is -2.08. The summed E-state index contributed by atoms with van der Waals surface area (Å²) in [6.45, 7) is -0.776. The van der Waals surface area contributed by atoms with Crippen LogP contribution in [0.3, 0.4) is 0 Å². The lowest BCUT2D eigenvalue weighted by Crippen LogP contribution is -2.21. The van der Waals surface area contributed by atoms with Gasteiger partial charge in [-0.15, -0.1) is 0 Å². The van der Waals surface area contributed by atoms with Crippen LogP contribution >= 0.6 is 11.6 Å². The minimum Gasteiger partial charge on any atom is -0.452 e. The number of esters is 1. The molecule has 2 rings (SSSR count). The van der Waals surface area contributed by atoms with Crippen LogP contribution in [0, 0.1) is 17.5 Å². The molecule has 2 aromatic carbocycles. The van der Waals surface area contributed by atoms with Gasteiger partial charge in [0.05, 0.1) is 16.3 Å². The van der Waals surface area contributed by atoms with Crippen molar-refractivity contribution in [3.63, 3.8) is 0 Å². The molecular formula is C15H9ClF3NO3. The van der Waals surface area contributed by atoms with Crippen molar-refractivity contribution in [2.45, 2.75) is 0 Å². The van der Waals surface area contributed by atoms with Gasteiger partial charge in [0, 0.05) is 6.07 Å². The van der Waals surface area contributed by atoms with E-state index in [1.807, 2.05) is 5.32 Å². The number of benzene rings is 2. The van der Waals surface area contributed by atoms with Crippen molar-refractivity contribution in [3.8, 4) is 0 Å². The van der Waals surface area contributed by atoms with Gasteiger partial charge in [0.1, 0.15) is 17.5 Å². The molecule has 0 atom stereocenters. The summed E-state index contributed by atoms with van der Waals surface area (Å²) in [7, 11) is 0. The average Bonchev–Trinajstić information content (AvgIpc) is 2.51. The van der Waals surface area contributed by atoms with Crippen molar-refractivity contribution in [1.82, 2.24) is 0 Å². The highest BCUT2D eigenvalue weighted by Crippen LogP contribution is 2.18. The molecule has 0 unspecified atom stereocenters. The van der Waals surface area contributed by atoms with E-state index in [2.05, 4.69) is 4.74 Å². The Hall–Kier alpha value is -2.54. The Morgan fingerprint density at radius 2 is 1.70 bits per heavy atom. The van der Waals surface area contributed by atoms with E-state index in [-0.39, 0.29) is 10.6 Å². The van der Waals surface area contributed by atoms with Gasteiger partial charge in [-0.2, -0.15) is 0 Å². The Kier molecular flexibility index (Phi) is 5.23. The van der Waals surface area contributed by atoms with Crippen LogP contribution in [0.2, 0.25) is 5.02 Å². The molecule has 0 spiro atoms. The smallest absolute Gasteiger partial charge is 0.340 e. The average molecular weight is 344 g/mol. The fraction of sp³-hybridized carbons (Fsp3) is 0.0667. The largest absolute Gasteiger partial charge is 0.452 e. The topological polar surface area (TPSA) is 55.4 Å². The van der Waals surface area contributed by atoms with Crippen molar-refractivity contribution >= 4 is 29.2 Å². The van der Waals surface area contributed by atoms with Crippen molar-refractivity contribution in [3.05, 3.63) is 64.4 Å². The van der Waals surface area contributed by atoms with Gasteiger partial charge in [0.25, 0.3) is 5.91 Å². The molecule has 23 heavy (non-hydrogen) atoms. The molecule has 120 valence electrons. The van der Waals surface area contributed by atoms with E-state index in [1.165, 1.54) is 0 Å². The molecule has 0 heterocycles. The van der Waals surface area contributed by atoms with E-state index < -0.39 is 41.6 Å². The van der Waals surface area contributed by atoms with Crippen LogP contribution < -0.4 is 5.32 Å². The van der Waals surface area contributed by atoms with Crippen molar-refractivity contribution < 1.29 is 27.5 Å². The van der Waals surface area contributed by atoms with Gasteiger partial charge in [-0.25, -0.2) is 18.0 Å². The number of rotatable bonds is 4. The Balaban J connectivity index is 1.97. The Labute approximate surface area is 133 Å². The first-order chi connectivity index (χ1) is 10.9. The van der Waals surface area contributed by atoms with E-state index in [4.69, 9.17) is 11.6 Å². The van der Waals surface area contributed by atoms with Crippen LogP contribution in [-0.4, -0.2) is 18.5 Å². The van der Waals surface area contributed by atoms with Gasteiger partial charge >= 0.3 is 5.97 Å². The zero-order valence-corrected chi connectivity index (χ0v) is 12.2. The van der Waals surface area contributed by atoms with Crippen molar-refractivity contribution in [2.24, 2.45) is 0 Å². The summed E-state index contributed by atoms with van der Waals surface area (Å²) in [5.41, 5.74) is -0.647. The first-order valence-electron chi connectivity index (χ1n) is 6.24. The zero-order valence-electron chi connectivity index (χ0n) is 11.4. The predicted octanol–water partition coefficient (Wildman–Crippen LogP) is 3.55. The van der Waals surface area contributed by atoms with Crippen LogP contribution in [0.15, 0.2) is 36.4 Å². The highest BCUT2D eigenvalue weighted by molar-refractivity contribution is 6.33. The molecular weight excluding hydrogens is 335 g/mol. The maximum Gasteiger partial charge on any atom is 0.340 e. The number of hydrogen-bond acceptors (Lipinski definition) is 3. The molecule has 1 N–H and O–H groups in total. The summed E-state index contributed by atoms with van der Waals surface area (Å²) >= 11 is 5.72. The minimum atomic E-state index is -1.02. The molecule has 2 aromatic rings. The van der Waals surface area contributed by atoms with Crippen LogP contribution in [0.25, 0.3) is 0 Å². The Bertz CT molecular complexity index is 768. The van der Waals surface area contributed by atoms with E-state index in [0.29, 0.717) is 0 Å². The lowest BCUT2D eigenvalue weighted by atomic mass is 10.2. The molecule has 0 aliphatic carbocycles. The molecule has 0 fully saturated rings. The quantitative estimate of drug-likeness (QED) is 0.864. The van der Waals surface area contributed by atoms with Gasteiger partial charge < -0.3 is 10.1 Å². The van der Waals surface area contributed by atoms with Crippen LogP contribution in [0.1, 0.15) is 10.4 Å². The summed E-state index contributed by atoms with van der Waals surface area (Å²) in [4.78, 5) is 23.3. The monoisotopic (exact) mass is 343 g/mol. The molecule has 0 aliphatic heterocycles. The molecule has 0 aromatic heterocycles. The summed E-state index contributed by atoms with van der Waals surface area (Å²) in [6.07, 6.45) is 0. The van der Waals surface area contributed by atoms with Gasteiger partial charge in [-0.3, -0.25) is 4.79 Å². The third-order valence-electron chi connectivity index (χ3n) is 2.69. The molecule has 0 bridgehead atoms. The Morgan fingerprint density at radius 1 is 1.04 bits per heavy atom. The first-order valence-corrected chi connectivity index (χ1v) is 6.61. The van der Waals surface area contributed by atoms with Crippen LogP contribution in [-0.2, 0) is 9.53 Å². The highest BCUT2D eigenvalue weighted by atomic mass is 35.5. The fourth-order valence-electron chi connectivity index (χ4n) is 1.64. The van der Waals surface area contributed by atoms with E-state index in [9.17, 15) is 22.8 Å². The molecule has 0 saturated heterocycles. The number of halogens is 4. The second-order valence-corrected chi connectivity index (χ2v) is 4.78. The van der Waals surface area contributed by atoms with Gasteiger partial charge in [-0.05, 0) is 30.3 Å². The number of carbonyl (C=O) groups excluding carboxylic acids is 2. The molecule has 8 heteroatoms. The summed E-state index contributed by atoms with van der Waals surface area (Å²) in [5, 5.41) is 2.00. The van der Waals surface area contributed by atoms with Gasteiger partial charge in [0.15, 0.2) is 6.61 Å². The third kappa shape index (κ3) is 4.46. The van der Waals surface area contributed by atoms with E-state index >= 15 is 0 Å². The zero-order chi connectivity index (χ0) is 17.0. The summed E-state index contributed by atoms with van der Waals surface area (Å²) < 4.78 is 44.0. The Morgan fingerprint density at radius 3 is 2.43 bits per heavy atom. The van der Waals surface area contributed by atoms with Gasteiger partial charge in [-0.1, -0.05) is 11.6 Å². The maximum absolute atomic E-state index is 13.3. The first kappa shape index (κ1) is 16.8. The molecule has 0 radical (unpaired) electrons. The summed E-state index contributed by atoms with van der Waals surface area (Å²) in [6, 6.07) is 5.57. The second-order valence-electron chi connectivity index (χ2n) is 4.37. The van der Waals surface area contributed by atoms with E-state index in [1.54, 1.807) is 0 Å². The van der Waals surface area contributed by atoms with Crippen LogP contribution in [0.4, 0.5) is 18.9 Å². The lowest BCUT2D eigenvalue weighted by molar-refractivity contribution is -0.119.